The average Bonchev–Trinajstić information content (AvgIpc) is 3.87. The lowest BCUT2D eigenvalue weighted by molar-refractivity contribution is 0.670. The van der Waals surface area contributed by atoms with E-state index in [1.54, 1.807) is 0 Å². The maximum absolute atomic E-state index is 6.74. The third kappa shape index (κ3) is 4.30. The zero-order valence-electron chi connectivity index (χ0n) is 27.1. The van der Waals surface area contributed by atoms with E-state index < -0.39 is 0 Å². The van der Waals surface area contributed by atoms with Crippen LogP contribution in [0.4, 0.5) is 0 Å². The Hall–Kier alpha value is -6.63. The van der Waals surface area contributed by atoms with E-state index in [1.807, 2.05) is 53.8 Å². The summed E-state index contributed by atoms with van der Waals surface area (Å²) in [6.45, 7) is 0. The van der Waals surface area contributed by atoms with Crippen LogP contribution >= 0.6 is 11.3 Å². The van der Waals surface area contributed by atoms with Gasteiger partial charge in [-0.25, -0.2) is 4.98 Å². The molecule has 7 aromatic carbocycles. The van der Waals surface area contributed by atoms with Crippen LogP contribution in [-0.4, -0.2) is 19.5 Å². The molecule has 0 fully saturated rings. The first-order chi connectivity index (χ1) is 25.3. The predicted molar refractivity (Wildman–Crippen MR) is 211 cm³/mol. The van der Waals surface area contributed by atoms with Crippen LogP contribution in [-0.2, 0) is 0 Å². The first-order valence-electron chi connectivity index (χ1n) is 16.9. The van der Waals surface area contributed by atoms with Gasteiger partial charge in [0.15, 0.2) is 11.6 Å². The summed E-state index contributed by atoms with van der Waals surface area (Å²) >= 11 is 1.83. The normalized spacial score (nSPS) is 11.9. The van der Waals surface area contributed by atoms with Crippen LogP contribution in [0.2, 0.25) is 0 Å². The quantitative estimate of drug-likeness (QED) is 0.187. The van der Waals surface area contributed by atoms with Crippen LogP contribution in [0.1, 0.15) is 0 Å². The fourth-order valence-electron chi connectivity index (χ4n) is 7.59. The largest absolute Gasteiger partial charge is 0.455 e. The summed E-state index contributed by atoms with van der Waals surface area (Å²) in [5.74, 6) is 1.77. The minimum Gasteiger partial charge on any atom is -0.455 e. The van der Waals surface area contributed by atoms with Crippen LogP contribution in [0, 0.1) is 0 Å². The van der Waals surface area contributed by atoms with Crippen LogP contribution < -0.4 is 0 Å². The number of rotatable bonds is 4. The number of aromatic nitrogens is 4. The Kier molecular flexibility index (Phi) is 6.05. The fourth-order valence-corrected chi connectivity index (χ4v) is 8.68. The smallest absolute Gasteiger partial charge is 0.238 e. The number of fused-ring (bicyclic) bond motifs is 9. The fraction of sp³-hybridized carbons (Fsp3) is 0. The van der Waals surface area contributed by atoms with E-state index in [1.165, 1.54) is 20.2 Å². The molecule has 4 heterocycles. The van der Waals surface area contributed by atoms with Crippen molar-refractivity contribution < 1.29 is 4.42 Å². The monoisotopic (exact) mass is 670 g/mol. The van der Waals surface area contributed by atoms with Gasteiger partial charge in [0.05, 0.1) is 11.0 Å². The highest BCUT2D eigenvalue weighted by atomic mass is 32.1. The summed E-state index contributed by atoms with van der Waals surface area (Å²) in [5.41, 5.74) is 7.71. The Labute approximate surface area is 295 Å². The van der Waals surface area contributed by atoms with Crippen molar-refractivity contribution in [2.24, 2.45) is 0 Å². The molecule has 11 aromatic rings. The summed E-state index contributed by atoms with van der Waals surface area (Å²) in [7, 11) is 0. The van der Waals surface area contributed by atoms with Crippen molar-refractivity contribution in [2.45, 2.75) is 0 Å². The molecule has 0 radical (unpaired) electrons. The van der Waals surface area contributed by atoms with Crippen LogP contribution in [0.25, 0.3) is 104 Å². The molecule has 0 saturated heterocycles. The van der Waals surface area contributed by atoms with Crippen molar-refractivity contribution in [2.75, 3.05) is 0 Å². The summed E-state index contributed by atoms with van der Waals surface area (Å²) in [6.07, 6.45) is 0. The second-order valence-electron chi connectivity index (χ2n) is 12.8. The molecule has 6 heteroatoms. The molecule has 0 atom stereocenters. The van der Waals surface area contributed by atoms with Crippen LogP contribution in [0.15, 0.2) is 162 Å². The Morgan fingerprint density at radius 2 is 1.10 bits per heavy atom. The van der Waals surface area contributed by atoms with E-state index in [9.17, 15) is 0 Å². The van der Waals surface area contributed by atoms with Gasteiger partial charge in [-0.05, 0) is 42.0 Å². The minimum atomic E-state index is 0.568. The number of hydrogen-bond donors (Lipinski definition) is 0. The molecule has 0 bridgehead atoms. The summed E-state index contributed by atoms with van der Waals surface area (Å²) in [6, 6.07) is 54.9. The molecule has 0 unspecified atom stereocenters. The van der Waals surface area contributed by atoms with Crippen LogP contribution in [0.5, 0.6) is 0 Å². The second-order valence-corrected chi connectivity index (χ2v) is 13.9. The van der Waals surface area contributed by atoms with Crippen LogP contribution in [0.3, 0.4) is 0 Å². The maximum atomic E-state index is 6.74. The highest BCUT2D eigenvalue weighted by molar-refractivity contribution is 7.25. The van der Waals surface area contributed by atoms with Gasteiger partial charge in [-0.1, -0.05) is 121 Å². The zero-order chi connectivity index (χ0) is 33.5. The lowest BCUT2D eigenvalue weighted by atomic mass is 9.99. The molecular formula is C45H26N4OS. The summed E-state index contributed by atoms with van der Waals surface area (Å²) in [5, 5.41) is 6.85. The Morgan fingerprint density at radius 1 is 0.451 bits per heavy atom. The second kappa shape index (κ2) is 10.9. The highest BCUT2D eigenvalue weighted by Gasteiger charge is 2.21. The SMILES string of the molecule is c1ccc(-c2nc(-c3cccc4oc5c(-c6ccc7sc8ccccc8c7c6)cccc5c34)nc(-n3c4ccccc4c4ccccc43)n2)cc1. The third-order valence-electron chi connectivity index (χ3n) is 9.89. The Bertz CT molecular complexity index is 3100. The molecule has 0 aliphatic rings. The van der Waals surface area contributed by atoms with Gasteiger partial charge < -0.3 is 4.42 Å². The van der Waals surface area contributed by atoms with Gasteiger partial charge in [-0.15, -0.1) is 11.3 Å². The molecule has 11 rings (SSSR count). The molecule has 5 nitrogen and oxygen atoms in total. The third-order valence-corrected chi connectivity index (χ3v) is 11.0. The van der Waals surface area contributed by atoms with Gasteiger partial charge in [0.1, 0.15) is 11.2 Å². The standard InChI is InChI=1S/C45H26N4OS/c1-2-12-27(13-3-1)43-46-44(48-45(47-43)49-36-20-7-4-14-30(36)31-15-5-8-21-37(31)49)34-19-11-22-38-41(34)33-18-10-17-29(42(33)50-38)28-24-25-40-35(26-28)32-16-6-9-23-39(32)51-40/h1-26H. The Morgan fingerprint density at radius 3 is 1.92 bits per heavy atom. The van der Waals surface area contributed by atoms with Gasteiger partial charge in [-0.3, -0.25) is 4.57 Å². The number of nitrogens with zero attached hydrogens (tertiary/aromatic N) is 4. The topological polar surface area (TPSA) is 56.7 Å². The molecule has 0 N–H and O–H groups in total. The number of benzene rings is 7. The molecule has 51 heavy (non-hydrogen) atoms. The van der Waals surface area contributed by atoms with Gasteiger partial charge in [0.2, 0.25) is 5.95 Å². The van der Waals surface area contributed by atoms with E-state index >= 15 is 0 Å². The van der Waals surface area contributed by atoms with E-state index in [0.29, 0.717) is 17.6 Å². The number of hydrogen-bond acceptors (Lipinski definition) is 5. The first-order valence-corrected chi connectivity index (χ1v) is 17.8. The lowest BCUT2D eigenvalue weighted by Gasteiger charge is -2.11. The highest BCUT2D eigenvalue weighted by Crippen LogP contribution is 2.42. The van der Waals surface area contributed by atoms with E-state index in [4.69, 9.17) is 19.4 Å². The van der Waals surface area contributed by atoms with Gasteiger partial charge in [0.25, 0.3) is 0 Å². The maximum Gasteiger partial charge on any atom is 0.238 e. The molecule has 0 saturated carbocycles. The first kappa shape index (κ1) is 28.2. The number of para-hydroxylation sites is 3. The van der Waals surface area contributed by atoms with Crippen molar-refractivity contribution >= 4 is 75.3 Å². The van der Waals surface area contributed by atoms with Crippen molar-refractivity contribution in [1.29, 1.82) is 0 Å². The molecular weight excluding hydrogens is 645 g/mol. The number of furan rings is 1. The van der Waals surface area contributed by atoms with Crippen molar-refractivity contribution in [1.82, 2.24) is 19.5 Å². The van der Waals surface area contributed by atoms with E-state index in [0.717, 1.165) is 66.0 Å². The molecule has 0 amide bonds. The predicted octanol–water partition coefficient (Wildman–Crippen LogP) is 12.2. The summed E-state index contributed by atoms with van der Waals surface area (Å²) in [4.78, 5) is 15.5. The lowest BCUT2D eigenvalue weighted by Crippen LogP contribution is -2.06. The zero-order valence-corrected chi connectivity index (χ0v) is 27.9. The van der Waals surface area contributed by atoms with Crippen molar-refractivity contribution in [3.63, 3.8) is 0 Å². The van der Waals surface area contributed by atoms with Crippen molar-refractivity contribution in [3.8, 4) is 39.9 Å². The van der Waals surface area contributed by atoms with E-state index in [2.05, 4.69) is 120 Å². The van der Waals surface area contributed by atoms with Gasteiger partial charge in [-0.2, -0.15) is 9.97 Å². The van der Waals surface area contributed by atoms with Gasteiger partial charge in [0, 0.05) is 58.4 Å². The van der Waals surface area contributed by atoms with Crippen molar-refractivity contribution in [3.05, 3.63) is 158 Å². The number of thiophene rings is 1. The molecule has 0 aliphatic heterocycles. The molecule has 0 spiro atoms. The molecule has 0 aliphatic carbocycles. The molecule has 4 aromatic heterocycles. The Balaban J connectivity index is 1.16. The van der Waals surface area contributed by atoms with E-state index in [-0.39, 0.29) is 0 Å². The van der Waals surface area contributed by atoms with Gasteiger partial charge >= 0.3 is 0 Å². The average molecular weight is 671 g/mol. The summed E-state index contributed by atoms with van der Waals surface area (Å²) < 4.78 is 11.5. The minimum absolute atomic E-state index is 0.568. The molecule has 238 valence electrons.